The third-order valence-electron chi connectivity index (χ3n) is 5.56. The highest BCUT2D eigenvalue weighted by atomic mass is 28.2. The fraction of sp³-hybridized carbons (Fsp3) is 0.417. The summed E-state index contributed by atoms with van der Waals surface area (Å²) < 4.78 is 0. The van der Waals surface area contributed by atoms with Crippen LogP contribution in [0.1, 0.15) is 62.6 Å². The van der Waals surface area contributed by atoms with E-state index in [1.54, 1.807) is 11.1 Å². The predicted octanol–water partition coefficient (Wildman–Crippen LogP) is 6.40. The normalized spacial score (nSPS) is 23.1. The molecule has 0 nitrogen and oxygen atoms in total. The quantitative estimate of drug-likeness (QED) is 0.522. The molecule has 0 saturated heterocycles. The molecule has 1 heteroatoms. The fourth-order valence-electron chi connectivity index (χ4n) is 4.32. The van der Waals surface area contributed by atoms with Crippen molar-refractivity contribution in [3.8, 4) is 0 Å². The second kappa shape index (κ2) is 7.74. The van der Waals surface area contributed by atoms with Crippen LogP contribution in [0.15, 0.2) is 59.3 Å². The monoisotopic (exact) mass is 348 g/mol. The van der Waals surface area contributed by atoms with Gasteiger partial charge in [0.15, 0.2) is 0 Å². The van der Waals surface area contributed by atoms with Crippen LogP contribution >= 0.6 is 0 Å². The molecule has 0 saturated carbocycles. The van der Waals surface area contributed by atoms with Gasteiger partial charge in [0.1, 0.15) is 0 Å². The number of hydrogen-bond donors (Lipinski definition) is 0. The largest absolute Gasteiger partial charge is 0.0840 e. The Morgan fingerprint density at radius 3 is 2.48 bits per heavy atom. The van der Waals surface area contributed by atoms with E-state index in [2.05, 4.69) is 76.3 Å². The molecule has 3 rings (SSSR count). The average molecular weight is 349 g/mol. The summed E-state index contributed by atoms with van der Waals surface area (Å²) in [6.45, 7) is 9.22. The lowest BCUT2D eigenvalue weighted by molar-refractivity contribution is 0.751. The lowest BCUT2D eigenvalue weighted by atomic mass is 9.94. The summed E-state index contributed by atoms with van der Waals surface area (Å²) in [6.07, 6.45) is 18.1. The summed E-state index contributed by atoms with van der Waals surface area (Å²) in [7, 11) is -0.296. The summed E-state index contributed by atoms with van der Waals surface area (Å²) in [6, 6.07) is 7.03. The molecule has 0 fully saturated rings. The van der Waals surface area contributed by atoms with Crippen molar-refractivity contribution in [2.24, 2.45) is 0 Å². The summed E-state index contributed by atoms with van der Waals surface area (Å²) in [5.74, 6) is 0. The molecule has 132 valence electrons. The zero-order valence-electron chi connectivity index (χ0n) is 16.4. The molecule has 0 aromatic heterocycles. The molecule has 25 heavy (non-hydrogen) atoms. The molecular formula is C24H32Si. The van der Waals surface area contributed by atoms with E-state index >= 15 is 0 Å². The third kappa shape index (κ3) is 4.33. The van der Waals surface area contributed by atoms with Gasteiger partial charge in [0.2, 0.25) is 0 Å². The van der Waals surface area contributed by atoms with Crippen molar-refractivity contribution in [3.05, 3.63) is 76.0 Å². The molecule has 0 amide bonds. The Morgan fingerprint density at radius 2 is 1.84 bits per heavy atom. The first-order valence-corrected chi connectivity index (χ1v) is 11.3. The summed E-state index contributed by atoms with van der Waals surface area (Å²) in [5.41, 5.74) is 7.44. The molecule has 0 bridgehead atoms. The van der Waals surface area contributed by atoms with Gasteiger partial charge in [-0.1, -0.05) is 85.2 Å². The lowest BCUT2D eigenvalue weighted by Gasteiger charge is -2.27. The van der Waals surface area contributed by atoms with Crippen molar-refractivity contribution in [1.82, 2.24) is 0 Å². The van der Waals surface area contributed by atoms with Gasteiger partial charge in [-0.15, -0.1) is 0 Å². The van der Waals surface area contributed by atoms with Crippen LogP contribution in [0.3, 0.4) is 0 Å². The van der Waals surface area contributed by atoms with Crippen LogP contribution in [0.2, 0.25) is 5.04 Å². The zero-order valence-corrected chi connectivity index (χ0v) is 17.8. The van der Waals surface area contributed by atoms with Gasteiger partial charge in [0.25, 0.3) is 0 Å². The molecule has 2 aliphatic carbocycles. The lowest BCUT2D eigenvalue weighted by Crippen LogP contribution is -2.17. The zero-order chi connectivity index (χ0) is 17.9. The SMILES string of the molecule is CCCCC1=C([SiH2]C2(C)C=CC=CC2)CC=C1c1cc(C)cc(C)c1. The smallest absolute Gasteiger partial charge is 0.0612 e. The number of rotatable bonds is 6. The van der Waals surface area contributed by atoms with Crippen LogP contribution in [-0.2, 0) is 0 Å². The van der Waals surface area contributed by atoms with Gasteiger partial charge >= 0.3 is 0 Å². The van der Waals surface area contributed by atoms with Crippen LogP contribution in [0.5, 0.6) is 0 Å². The van der Waals surface area contributed by atoms with Crippen LogP contribution in [-0.4, -0.2) is 9.52 Å². The summed E-state index contributed by atoms with van der Waals surface area (Å²) in [5, 5.41) is 2.23. The average Bonchev–Trinajstić information content (AvgIpc) is 2.94. The Morgan fingerprint density at radius 1 is 1.08 bits per heavy atom. The summed E-state index contributed by atoms with van der Waals surface area (Å²) >= 11 is 0. The minimum absolute atomic E-state index is 0.296. The van der Waals surface area contributed by atoms with Gasteiger partial charge in [0, 0.05) is 0 Å². The van der Waals surface area contributed by atoms with Crippen LogP contribution in [0.25, 0.3) is 5.57 Å². The van der Waals surface area contributed by atoms with Gasteiger partial charge in [-0.3, -0.25) is 0 Å². The van der Waals surface area contributed by atoms with E-state index in [1.165, 1.54) is 48.8 Å². The van der Waals surface area contributed by atoms with E-state index < -0.39 is 0 Å². The molecular weight excluding hydrogens is 316 g/mol. The highest BCUT2D eigenvalue weighted by molar-refractivity contribution is 6.51. The second-order valence-electron chi connectivity index (χ2n) is 8.21. The van der Waals surface area contributed by atoms with Crippen molar-refractivity contribution in [2.75, 3.05) is 0 Å². The van der Waals surface area contributed by atoms with Crippen LogP contribution in [0, 0.1) is 13.8 Å². The Labute approximate surface area is 156 Å². The van der Waals surface area contributed by atoms with E-state index in [0.29, 0.717) is 5.04 Å². The third-order valence-corrected chi connectivity index (χ3v) is 8.04. The molecule has 0 N–H and O–H groups in total. The highest BCUT2D eigenvalue weighted by Crippen LogP contribution is 2.42. The van der Waals surface area contributed by atoms with E-state index in [9.17, 15) is 0 Å². The molecule has 0 radical (unpaired) electrons. The highest BCUT2D eigenvalue weighted by Gasteiger charge is 2.27. The fourth-order valence-corrected chi connectivity index (χ4v) is 6.73. The van der Waals surface area contributed by atoms with Crippen molar-refractivity contribution < 1.29 is 0 Å². The standard InChI is InChI=1S/C24H32Si/c1-5-6-10-22-21(20-16-18(2)15-19(3)17-20)11-12-23(22)25-24(4)13-8-7-9-14-24/h7-9,11,13,15-17H,5-6,10,12,14,25H2,1-4H3. The number of hydrogen-bond acceptors (Lipinski definition) is 0. The van der Waals surface area contributed by atoms with Crippen molar-refractivity contribution in [2.45, 2.75) is 64.8 Å². The van der Waals surface area contributed by atoms with Crippen molar-refractivity contribution >= 4 is 15.1 Å². The maximum Gasteiger partial charge on any atom is 0.0612 e. The first kappa shape index (κ1) is 18.2. The molecule has 0 spiro atoms. The Bertz CT molecular complexity index is 740. The van der Waals surface area contributed by atoms with Crippen molar-refractivity contribution in [3.63, 3.8) is 0 Å². The summed E-state index contributed by atoms with van der Waals surface area (Å²) in [4.78, 5) is 0. The Kier molecular flexibility index (Phi) is 5.63. The Hall–Kier alpha value is -1.60. The second-order valence-corrected chi connectivity index (χ2v) is 11.0. The number of benzene rings is 1. The van der Waals surface area contributed by atoms with Gasteiger partial charge < -0.3 is 0 Å². The molecule has 0 aliphatic heterocycles. The van der Waals surface area contributed by atoms with E-state index in [4.69, 9.17) is 0 Å². The molecule has 1 aromatic rings. The van der Waals surface area contributed by atoms with Crippen molar-refractivity contribution in [1.29, 1.82) is 0 Å². The van der Waals surface area contributed by atoms with Crippen LogP contribution in [0.4, 0.5) is 0 Å². The van der Waals surface area contributed by atoms with Gasteiger partial charge in [0.05, 0.1) is 9.52 Å². The molecule has 0 heterocycles. The maximum absolute atomic E-state index is 2.52. The first-order valence-electron chi connectivity index (χ1n) is 9.85. The minimum atomic E-state index is -0.296. The maximum atomic E-state index is 2.52. The van der Waals surface area contributed by atoms with Gasteiger partial charge in [-0.2, -0.15) is 0 Å². The van der Waals surface area contributed by atoms with E-state index in [-0.39, 0.29) is 9.52 Å². The number of unbranched alkanes of at least 4 members (excludes halogenated alkanes) is 1. The predicted molar refractivity (Wildman–Crippen MR) is 115 cm³/mol. The van der Waals surface area contributed by atoms with Gasteiger partial charge in [-0.25, -0.2) is 0 Å². The molecule has 2 aliphatic rings. The molecule has 1 unspecified atom stereocenters. The molecule has 1 aromatic carbocycles. The molecule has 1 atom stereocenters. The van der Waals surface area contributed by atoms with E-state index in [0.717, 1.165) is 0 Å². The minimum Gasteiger partial charge on any atom is -0.0840 e. The topological polar surface area (TPSA) is 0 Å². The number of aryl methyl sites for hydroxylation is 2. The number of allylic oxidation sites excluding steroid dienone is 8. The first-order chi connectivity index (χ1) is 12.0. The van der Waals surface area contributed by atoms with Crippen LogP contribution < -0.4 is 0 Å². The Balaban J connectivity index is 1.92. The van der Waals surface area contributed by atoms with Gasteiger partial charge in [-0.05, 0) is 61.3 Å². The van der Waals surface area contributed by atoms with E-state index in [1.807, 2.05) is 5.20 Å².